The van der Waals surface area contributed by atoms with Crippen LogP contribution >= 0.6 is 11.3 Å². The number of methoxy groups -OCH3 is 1. The zero-order valence-electron chi connectivity index (χ0n) is 9.36. The highest BCUT2D eigenvalue weighted by Crippen LogP contribution is 2.40. The van der Waals surface area contributed by atoms with E-state index in [1.54, 1.807) is 18.4 Å². The molecule has 16 heavy (non-hydrogen) atoms. The number of hydrogen-bond donors (Lipinski definition) is 3. The number of rotatable bonds is 3. The van der Waals surface area contributed by atoms with E-state index < -0.39 is 5.66 Å². The van der Waals surface area contributed by atoms with E-state index in [1.807, 2.05) is 18.4 Å². The lowest BCUT2D eigenvalue weighted by Crippen LogP contribution is -2.48. The van der Waals surface area contributed by atoms with Crippen LogP contribution in [0, 0.1) is 5.92 Å². The number of nitrogens with one attached hydrogen (secondary N) is 1. The molecule has 0 saturated heterocycles. The van der Waals surface area contributed by atoms with E-state index in [9.17, 15) is 0 Å². The Hall–Kier alpha value is -1.11. The van der Waals surface area contributed by atoms with Gasteiger partial charge in [-0.05, 0) is 11.4 Å². The minimum Gasteiger partial charge on any atom is -0.384 e. The molecule has 2 atom stereocenters. The number of nitrogens with zero attached hydrogens (tertiary/aromatic N) is 1. The maximum atomic E-state index is 6.36. The van der Waals surface area contributed by atoms with Gasteiger partial charge >= 0.3 is 0 Å². The predicted molar refractivity (Wildman–Crippen MR) is 66.5 cm³/mol. The number of guanidine groups is 1. The van der Waals surface area contributed by atoms with Crippen molar-refractivity contribution in [1.29, 1.82) is 0 Å². The number of hydrogen-bond acceptors (Lipinski definition) is 6. The van der Waals surface area contributed by atoms with Gasteiger partial charge in [-0.2, -0.15) is 0 Å². The molecule has 2 unspecified atom stereocenters. The van der Waals surface area contributed by atoms with Gasteiger partial charge in [0.05, 0.1) is 17.2 Å². The smallest absolute Gasteiger partial charge is 0.195 e. The number of anilines is 1. The van der Waals surface area contributed by atoms with Crippen molar-refractivity contribution in [2.24, 2.45) is 22.4 Å². The molecule has 0 amide bonds. The Morgan fingerprint density at radius 1 is 1.69 bits per heavy atom. The molecule has 1 aromatic rings. The number of fused-ring (bicyclic) bond motifs is 1. The summed E-state index contributed by atoms with van der Waals surface area (Å²) in [5.74, 6) is 0.423. The number of ether oxygens (including phenoxy) is 1. The van der Waals surface area contributed by atoms with Gasteiger partial charge < -0.3 is 21.5 Å². The van der Waals surface area contributed by atoms with Gasteiger partial charge in [-0.15, -0.1) is 11.3 Å². The topological polar surface area (TPSA) is 85.7 Å². The lowest BCUT2D eigenvalue weighted by Gasteiger charge is -2.34. The van der Waals surface area contributed by atoms with Gasteiger partial charge in [0.1, 0.15) is 0 Å². The summed E-state index contributed by atoms with van der Waals surface area (Å²) in [6.07, 6.45) is 0. The summed E-state index contributed by atoms with van der Waals surface area (Å²) < 4.78 is 5.14. The Morgan fingerprint density at radius 3 is 3.12 bits per heavy atom. The zero-order valence-corrected chi connectivity index (χ0v) is 10.2. The van der Waals surface area contributed by atoms with Crippen molar-refractivity contribution in [2.45, 2.75) is 12.6 Å². The highest BCUT2D eigenvalue weighted by atomic mass is 32.1. The second-order valence-corrected chi connectivity index (χ2v) is 4.88. The van der Waals surface area contributed by atoms with Crippen molar-refractivity contribution in [1.82, 2.24) is 0 Å². The van der Waals surface area contributed by atoms with Crippen LogP contribution in [-0.4, -0.2) is 19.7 Å². The van der Waals surface area contributed by atoms with Crippen molar-refractivity contribution in [3.8, 4) is 0 Å². The van der Waals surface area contributed by atoms with Crippen LogP contribution in [0.5, 0.6) is 0 Å². The first kappa shape index (κ1) is 11.4. The zero-order chi connectivity index (χ0) is 11.8. The fourth-order valence-electron chi connectivity index (χ4n) is 1.84. The van der Waals surface area contributed by atoms with Crippen LogP contribution in [0.4, 0.5) is 5.69 Å². The largest absolute Gasteiger partial charge is 0.384 e. The lowest BCUT2D eigenvalue weighted by molar-refractivity contribution is 0.118. The van der Waals surface area contributed by atoms with Crippen LogP contribution < -0.4 is 16.8 Å². The van der Waals surface area contributed by atoms with Crippen molar-refractivity contribution < 1.29 is 4.74 Å². The van der Waals surface area contributed by atoms with E-state index >= 15 is 0 Å². The third kappa shape index (κ3) is 1.68. The van der Waals surface area contributed by atoms with E-state index in [4.69, 9.17) is 16.2 Å². The standard InChI is InChI=1S/C10H16N4OS/c1-6(5-15-2)10(12)8-7(3-4-16-8)13-9(11)14-10/h3-4,6H,5,12H2,1-2H3,(H3,11,13,14). The number of aliphatic imine (C=N–C) groups is 1. The Morgan fingerprint density at radius 2 is 2.44 bits per heavy atom. The molecule has 6 heteroatoms. The SMILES string of the molecule is COCC(C)C1(N)N=C(N)Nc2ccsc21. The van der Waals surface area contributed by atoms with E-state index in [1.165, 1.54) is 0 Å². The van der Waals surface area contributed by atoms with Gasteiger partial charge in [-0.3, -0.25) is 0 Å². The first-order chi connectivity index (χ1) is 7.58. The molecule has 0 spiro atoms. The van der Waals surface area contributed by atoms with Crippen molar-refractivity contribution in [2.75, 3.05) is 19.0 Å². The van der Waals surface area contributed by atoms with Crippen molar-refractivity contribution in [3.63, 3.8) is 0 Å². The quantitative estimate of drug-likeness (QED) is 0.732. The molecule has 5 N–H and O–H groups in total. The Labute approximate surface area is 98.5 Å². The van der Waals surface area contributed by atoms with Crippen molar-refractivity contribution in [3.05, 3.63) is 16.3 Å². The van der Waals surface area contributed by atoms with Crippen LogP contribution in [0.25, 0.3) is 0 Å². The van der Waals surface area contributed by atoms with Gasteiger partial charge in [-0.1, -0.05) is 6.92 Å². The maximum absolute atomic E-state index is 6.36. The first-order valence-electron chi connectivity index (χ1n) is 5.06. The van der Waals surface area contributed by atoms with Crippen LogP contribution in [0.2, 0.25) is 0 Å². The highest BCUT2D eigenvalue weighted by Gasteiger charge is 2.39. The predicted octanol–water partition coefficient (Wildman–Crippen LogP) is 0.882. The van der Waals surface area contributed by atoms with Gasteiger partial charge in [-0.25, -0.2) is 4.99 Å². The third-order valence-corrected chi connectivity index (χ3v) is 3.82. The second kappa shape index (κ2) is 4.04. The molecular weight excluding hydrogens is 224 g/mol. The summed E-state index contributed by atoms with van der Waals surface area (Å²) in [6, 6.07) is 1.96. The van der Waals surface area contributed by atoms with E-state index in [2.05, 4.69) is 10.3 Å². The average Bonchev–Trinajstić information content (AvgIpc) is 2.66. The summed E-state index contributed by atoms with van der Waals surface area (Å²) in [6.45, 7) is 2.56. The minimum absolute atomic E-state index is 0.0653. The lowest BCUT2D eigenvalue weighted by atomic mass is 9.93. The van der Waals surface area contributed by atoms with E-state index in [-0.39, 0.29) is 5.92 Å². The van der Waals surface area contributed by atoms with Crippen molar-refractivity contribution >= 4 is 23.0 Å². The average molecular weight is 240 g/mol. The molecule has 2 rings (SSSR count). The molecule has 0 aliphatic carbocycles. The molecular formula is C10H16N4OS. The molecule has 1 aliphatic rings. The summed E-state index contributed by atoms with van der Waals surface area (Å²) >= 11 is 1.58. The number of nitrogens with two attached hydrogens (primary N) is 2. The fraction of sp³-hybridized carbons (Fsp3) is 0.500. The molecule has 1 aliphatic heterocycles. The Balaban J connectivity index is 2.41. The van der Waals surface area contributed by atoms with Crippen LogP contribution in [0.1, 0.15) is 11.8 Å². The molecule has 88 valence electrons. The Bertz CT molecular complexity index is 417. The van der Waals surface area contributed by atoms with Crippen LogP contribution in [0.15, 0.2) is 16.4 Å². The molecule has 2 heterocycles. The summed E-state index contributed by atoms with van der Waals surface area (Å²) in [7, 11) is 1.66. The van der Waals surface area contributed by atoms with Gasteiger partial charge in [0.15, 0.2) is 11.6 Å². The van der Waals surface area contributed by atoms with E-state index in [0.717, 1.165) is 10.6 Å². The maximum Gasteiger partial charge on any atom is 0.195 e. The first-order valence-corrected chi connectivity index (χ1v) is 5.94. The number of thiophene rings is 1. The minimum atomic E-state index is -0.783. The molecule has 0 bridgehead atoms. The van der Waals surface area contributed by atoms with Crippen LogP contribution in [0.3, 0.4) is 0 Å². The molecule has 5 nitrogen and oxygen atoms in total. The molecule has 0 aromatic carbocycles. The second-order valence-electron chi connectivity index (χ2n) is 3.97. The summed E-state index contributed by atoms with van der Waals surface area (Å²) in [4.78, 5) is 5.34. The van der Waals surface area contributed by atoms with E-state index in [0.29, 0.717) is 12.6 Å². The fourth-order valence-corrected chi connectivity index (χ4v) is 2.87. The Kier molecular flexibility index (Phi) is 2.88. The van der Waals surface area contributed by atoms with Gasteiger partial charge in [0.25, 0.3) is 0 Å². The third-order valence-electron chi connectivity index (χ3n) is 2.77. The summed E-state index contributed by atoms with van der Waals surface area (Å²) in [5, 5.41) is 4.99. The molecule has 0 fully saturated rings. The monoisotopic (exact) mass is 240 g/mol. The van der Waals surface area contributed by atoms with Gasteiger partial charge in [0, 0.05) is 13.0 Å². The molecule has 0 saturated carbocycles. The van der Waals surface area contributed by atoms with Gasteiger partial charge in [0.2, 0.25) is 0 Å². The normalized spacial score (nSPS) is 25.6. The van der Waals surface area contributed by atoms with Crippen LogP contribution in [-0.2, 0) is 10.4 Å². The molecule has 1 aromatic heterocycles. The summed E-state index contributed by atoms with van der Waals surface area (Å²) in [5.41, 5.74) is 12.3. The highest BCUT2D eigenvalue weighted by molar-refractivity contribution is 7.10. The molecule has 0 radical (unpaired) electrons.